The molecule has 192 valence electrons. The molecule has 0 heterocycles. The number of hydrogen-bond acceptors (Lipinski definition) is 3. The Morgan fingerprint density at radius 3 is 1.76 bits per heavy atom. The van der Waals surface area contributed by atoms with Crippen LogP contribution >= 0.6 is 0 Å². The van der Waals surface area contributed by atoms with E-state index in [1.54, 1.807) is 12.1 Å². The summed E-state index contributed by atoms with van der Waals surface area (Å²) in [5, 5.41) is 14.3. The molecule has 5 nitrogen and oxygen atoms in total. The summed E-state index contributed by atoms with van der Waals surface area (Å²) >= 11 is 0. The Labute approximate surface area is 207 Å². The molecule has 0 spiro atoms. The van der Waals surface area contributed by atoms with Gasteiger partial charge in [0.25, 0.3) is 0 Å². The lowest BCUT2D eigenvalue weighted by molar-refractivity contribution is -0.138. The Hall–Kier alpha value is -4.54. The maximum absolute atomic E-state index is 13.0. The molecule has 0 aliphatic carbocycles. The third kappa shape index (κ3) is 7.00. The molecule has 3 aromatic carbocycles. The highest BCUT2D eigenvalue weighted by molar-refractivity contribution is 6.07. The van der Waals surface area contributed by atoms with Gasteiger partial charge in [-0.2, -0.15) is 26.3 Å². The number of allylic oxidation sites excluding steroid dienone is 2. The van der Waals surface area contributed by atoms with Gasteiger partial charge in [0.2, 0.25) is 5.91 Å². The fourth-order valence-electron chi connectivity index (χ4n) is 3.31. The summed E-state index contributed by atoms with van der Waals surface area (Å²) in [5.74, 6) is -0.847. The molecule has 0 saturated carbocycles. The van der Waals surface area contributed by atoms with Gasteiger partial charge in [-0.25, -0.2) is 0 Å². The Kier molecular flexibility index (Phi) is 8.06. The summed E-state index contributed by atoms with van der Waals surface area (Å²) in [6.45, 7) is 0. The van der Waals surface area contributed by atoms with E-state index >= 15 is 0 Å². The van der Waals surface area contributed by atoms with Crippen molar-refractivity contribution in [3.63, 3.8) is 0 Å². The summed E-state index contributed by atoms with van der Waals surface area (Å²) in [6.07, 6.45) is -5.33. The molecule has 0 bridgehead atoms. The van der Waals surface area contributed by atoms with Gasteiger partial charge in [0.05, 0.1) is 16.8 Å². The molecule has 11 heteroatoms. The average molecular weight is 519 g/mol. The zero-order valence-electron chi connectivity index (χ0n) is 18.8. The van der Waals surface area contributed by atoms with Crippen molar-refractivity contribution in [2.24, 2.45) is 10.9 Å². The predicted molar refractivity (Wildman–Crippen MR) is 127 cm³/mol. The van der Waals surface area contributed by atoms with Crippen molar-refractivity contribution >= 4 is 23.0 Å². The first kappa shape index (κ1) is 27.1. The molecule has 3 aromatic rings. The number of nitrogens with one attached hydrogen (secondary N) is 1. The Morgan fingerprint density at radius 2 is 1.30 bits per heavy atom. The number of nitrogens with zero attached hydrogens (tertiary/aromatic N) is 1. The van der Waals surface area contributed by atoms with E-state index < -0.39 is 29.4 Å². The van der Waals surface area contributed by atoms with Gasteiger partial charge >= 0.3 is 12.4 Å². The van der Waals surface area contributed by atoms with Crippen LogP contribution in [0.15, 0.2) is 96.2 Å². The van der Waals surface area contributed by atoms with Crippen LogP contribution in [-0.2, 0) is 17.1 Å². The van der Waals surface area contributed by atoms with Crippen molar-refractivity contribution in [3.8, 4) is 0 Å². The van der Waals surface area contributed by atoms with Crippen LogP contribution in [0.3, 0.4) is 0 Å². The molecule has 0 aromatic heterocycles. The second-order valence-corrected chi connectivity index (χ2v) is 7.61. The van der Waals surface area contributed by atoms with Gasteiger partial charge in [0, 0.05) is 11.6 Å². The van der Waals surface area contributed by atoms with E-state index in [2.05, 4.69) is 10.5 Å². The predicted octanol–water partition coefficient (Wildman–Crippen LogP) is 6.45. The van der Waals surface area contributed by atoms with Crippen molar-refractivity contribution < 1.29 is 36.3 Å². The molecule has 0 atom stereocenters. The molecule has 0 radical (unpaired) electrons. The number of para-hydroxylation sites is 1. The minimum Gasteiger partial charge on any atom is -0.409 e. The Bertz CT molecular complexity index is 1280. The number of benzene rings is 3. The van der Waals surface area contributed by atoms with Crippen molar-refractivity contribution in [1.29, 1.82) is 0 Å². The van der Waals surface area contributed by atoms with E-state index in [-0.39, 0.29) is 33.8 Å². The van der Waals surface area contributed by atoms with Crippen molar-refractivity contribution in [2.75, 3.05) is 5.32 Å². The largest absolute Gasteiger partial charge is 0.416 e. The quantitative estimate of drug-likeness (QED) is 0.0666. The van der Waals surface area contributed by atoms with Crippen LogP contribution in [-0.4, -0.2) is 17.0 Å². The van der Waals surface area contributed by atoms with Gasteiger partial charge in [0.15, 0.2) is 5.84 Å². The van der Waals surface area contributed by atoms with E-state index in [4.69, 9.17) is 10.9 Å². The number of nitrogens with two attached hydrogens (primary N) is 1. The fourth-order valence-corrected chi connectivity index (χ4v) is 3.31. The first-order valence-electron chi connectivity index (χ1n) is 10.5. The van der Waals surface area contributed by atoms with E-state index in [0.29, 0.717) is 0 Å². The molecule has 0 unspecified atom stereocenters. The Balaban J connectivity index is 1.93. The molecule has 37 heavy (non-hydrogen) atoms. The number of anilines is 1. The number of carbonyl (C=O) groups is 1. The summed E-state index contributed by atoms with van der Waals surface area (Å²) in [5.41, 5.74) is 5.19. The molecule has 0 aliphatic heterocycles. The summed E-state index contributed by atoms with van der Waals surface area (Å²) in [4.78, 5) is 12.4. The van der Waals surface area contributed by atoms with Crippen molar-refractivity contribution in [2.45, 2.75) is 12.4 Å². The molecular weight excluding hydrogens is 500 g/mol. The van der Waals surface area contributed by atoms with Gasteiger partial charge in [-0.05, 0) is 53.1 Å². The SMILES string of the molecule is NC(=NO)c1ccccc1NC(=O)C=CC=C(c1ccc(C(F)(F)F)cc1)c1ccc(C(F)(F)F)cc1. The number of halogens is 6. The highest BCUT2D eigenvalue weighted by Gasteiger charge is 2.31. The van der Waals surface area contributed by atoms with Crippen LogP contribution in [0.2, 0.25) is 0 Å². The van der Waals surface area contributed by atoms with Gasteiger partial charge in [-0.15, -0.1) is 0 Å². The van der Waals surface area contributed by atoms with E-state index in [9.17, 15) is 31.1 Å². The number of oxime groups is 1. The minimum absolute atomic E-state index is 0.230. The van der Waals surface area contributed by atoms with E-state index in [0.717, 1.165) is 30.3 Å². The van der Waals surface area contributed by atoms with Gasteiger partial charge < -0.3 is 16.3 Å². The van der Waals surface area contributed by atoms with E-state index in [1.807, 2.05) is 0 Å². The number of alkyl halides is 6. The number of rotatable bonds is 6. The van der Waals surface area contributed by atoms with Crippen LogP contribution < -0.4 is 11.1 Å². The van der Waals surface area contributed by atoms with Gasteiger partial charge in [-0.1, -0.05) is 53.7 Å². The van der Waals surface area contributed by atoms with Crippen LogP contribution in [0.5, 0.6) is 0 Å². The van der Waals surface area contributed by atoms with Crippen LogP contribution in [0.4, 0.5) is 32.0 Å². The number of amides is 1. The zero-order chi connectivity index (χ0) is 27.2. The smallest absolute Gasteiger partial charge is 0.409 e. The van der Waals surface area contributed by atoms with Crippen molar-refractivity contribution in [1.82, 2.24) is 0 Å². The lowest BCUT2D eigenvalue weighted by Gasteiger charge is -2.12. The lowest BCUT2D eigenvalue weighted by atomic mass is 9.95. The summed E-state index contributed by atoms with van der Waals surface area (Å²) in [6, 6.07) is 14.4. The van der Waals surface area contributed by atoms with Gasteiger partial charge in [-0.3, -0.25) is 4.79 Å². The van der Waals surface area contributed by atoms with Crippen LogP contribution in [0, 0.1) is 0 Å². The van der Waals surface area contributed by atoms with Crippen molar-refractivity contribution in [3.05, 3.63) is 119 Å². The number of hydrogen-bond donors (Lipinski definition) is 3. The normalized spacial score (nSPS) is 12.4. The standard InChI is InChI=1S/C26H19F6N3O2/c27-25(28,29)18-12-8-16(9-13-18)20(17-10-14-19(15-11-17)26(30,31)32)5-3-7-23(36)34-22-6-2-1-4-21(22)24(33)35-37/h1-15,37H,(H2,33,35)(H,34,36). The van der Waals surface area contributed by atoms with Crippen LogP contribution in [0.25, 0.3) is 5.57 Å². The molecule has 0 saturated heterocycles. The third-order valence-corrected chi connectivity index (χ3v) is 5.13. The van der Waals surface area contributed by atoms with E-state index in [1.165, 1.54) is 48.6 Å². The molecular formula is C26H19F6N3O2. The van der Waals surface area contributed by atoms with Crippen LogP contribution in [0.1, 0.15) is 27.8 Å². The number of carbonyl (C=O) groups excluding carboxylic acids is 1. The summed E-state index contributed by atoms with van der Waals surface area (Å²) in [7, 11) is 0. The first-order valence-corrected chi connectivity index (χ1v) is 10.5. The molecule has 4 N–H and O–H groups in total. The maximum Gasteiger partial charge on any atom is 0.416 e. The average Bonchev–Trinajstić information content (AvgIpc) is 2.85. The second kappa shape index (κ2) is 11.0. The molecule has 3 rings (SSSR count). The Morgan fingerprint density at radius 1 is 0.811 bits per heavy atom. The summed E-state index contributed by atoms with van der Waals surface area (Å²) < 4.78 is 77.8. The molecule has 0 fully saturated rings. The van der Waals surface area contributed by atoms with Gasteiger partial charge in [0.1, 0.15) is 0 Å². The highest BCUT2D eigenvalue weighted by atomic mass is 19.4. The third-order valence-electron chi connectivity index (χ3n) is 5.13. The highest BCUT2D eigenvalue weighted by Crippen LogP contribution is 2.33. The monoisotopic (exact) mass is 519 g/mol. The fraction of sp³-hybridized carbons (Fsp3) is 0.0769. The molecule has 1 amide bonds. The lowest BCUT2D eigenvalue weighted by Crippen LogP contribution is -2.17. The maximum atomic E-state index is 13.0. The minimum atomic E-state index is -4.56. The zero-order valence-corrected chi connectivity index (χ0v) is 18.8. The molecule has 0 aliphatic rings. The topological polar surface area (TPSA) is 87.7 Å². The number of amidine groups is 1. The first-order chi connectivity index (χ1) is 17.4. The second-order valence-electron chi connectivity index (χ2n) is 7.61.